The van der Waals surface area contributed by atoms with Crippen LogP contribution >= 0.6 is 0 Å². The molecule has 0 radical (unpaired) electrons. The molecule has 0 aliphatic carbocycles. The van der Waals surface area contributed by atoms with E-state index in [9.17, 15) is 4.79 Å². The zero-order valence-corrected chi connectivity index (χ0v) is 9.01. The van der Waals surface area contributed by atoms with Crippen molar-refractivity contribution in [3.05, 3.63) is 36.3 Å². The van der Waals surface area contributed by atoms with E-state index in [1.54, 1.807) is 18.6 Å². The Bertz CT molecular complexity index is 525. The lowest BCUT2D eigenvalue weighted by Gasteiger charge is -2.04. The molecule has 0 bridgehead atoms. The van der Waals surface area contributed by atoms with Gasteiger partial charge in [0.05, 0.1) is 5.69 Å². The van der Waals surface area contributed by atoms with Gasteiger partial charge in [0.1, 0.15) is 6.33 Å². The van der Waals surface area contributed by atoms with Gasteiger partial charge in [-0.25, -0.2) is 19.9 Å². The van der Waals surface area contributed by atoms with Gasteiger partial charge in [0.25, 0.3) is 0 Å². The van der Waals surface area contributed by atoms with Crippen molar-refractivity contribution < 1.29 is 4.79 Å². The highest BCUT2D eigenvalue weighted by Gasteiger charge is 2.09. The Balaban J connectivity index is 2.56. The van der Waals surface area contributed by atoms with Crippen LogP contribution in [0.3, 0.4) is 0 Å². The summed E-state index contributed by atoms with van der Waals surface area (Å²) in [5.74, 6) is 0.0579. The number of carbonyl (C=O) groups excluding carboxylic acids is 1. The number of aryl methyl sites for hydroxylation is 1. The molecule has 0 saturated carbocycles. The van der Waals surface area contributed by atoms with Crippen LogP contribution in [-0.2, 0) is 0 Å². The first kappa shape index (κ1) is 10.4. The second kappa shape index (κ2) is 4.14. The number of rotatable bonds is 2. The Kier molecular flexibility index (Phi) is 2.68. The molecule has 2 aromatic rings. The Morgan fingerprint density at radius 1 is 1.19 bits per heavy atom. The molecule has 0 atom stereocenters. The molecule has 80 valence electrons. The molecule has 2 rings (SSSR count). The molecular weight excluding hydrogens is 204 g/mol. The Morgan fingerprint density at radius 3 is 2.50 bits per heavy atom. The van der Waals surface area contributed by atoms with E-state index in [0.29, 0.717) is 5.69 Å². The largest absolute Gasteiger partial charge is 0.291 e. The molecule has 0 N–H and O–H groups in total. The van der Waals surface area contributed by atoms with Gasteiger partial charge in [0, 0.05) is 31.1 Å². The fourth-order valence-corrected chi connectivity index (χ4v) is 1.33. The van der Waals surface area contributed by atoms with E-state index in [4.69, 9.17) is 0 Å². The molecule has 16 heavy (non-hydrogen) atoms. The Labute approximate surface area is 92.6 Å². The van der Waals surface area contributed by atoms with Crippen LogP contribution in [0.2, 0.25) is 0 Å². The molecule has 0 spiro atoms. The number of nitrogens with zero attached hydrogens (tertiary/aromatic N) is 4. The summed E-state index contributed by atoms with van der Waals surface area (Å²) >= 11 is 0. The molecule has 0 unspecified atom stereocenters. The first-order valence-corrected chi connectivity index (χ1v) is 4.78. The first-order chi connectivity index (χ1) is 7.68. The van der Waals surface area contributed by atoms with Gasteiger partial charge in [-0.1, -0.05) is 0 Å². The first-order valence-electron chi connectivity index (χ1n) is 4.78. The lowest BCUT2D eigenvalue weighted by Crippen LogP contribution is -2.03. The highest BCUT2D eigenvalue weighted by molar-refractivity contribution is 5.90. The number of Topliss-reactive ketones (excluding diaryl/α,β-unsaturated/α-hetero) is 1. The zero-order valence-electron chi connectivity index (χ0n) is 9.01. The molecule has 5 heteroatoms. The maximum atomic E-state index is 11.2. The normalized spacial score (nSPS) is 10.1. The van der Waals surface area contributed by atoms with Gasteiger partial charge in [-0.05, 0) is 12.5 Å². The minimum Gasteiger partial charge on any atom is -0.291 e. The third-order valence-corrected chi connectivity index (χ3v) is 2.12. The van der Waals surface area contributed by atoms with Crippen LogP contribution in [0, 0.1) is 6.92 Å². The van der Waals surface area contributed by atoms with Crippen molar-refractivity contribution in [2.75, 3.05) is 0 Å². The third kappa shape index (κ3) is 1.93. The monoisotopic (exact) mass is 214 g/mol. The maximum Gasteiger partial charge on any atom is 0.196 e. The summed E-state index contributed by atoms with van der Waals surface area (Å²) in [7, 11) is 0. The van der Waals surface area contributed by atoms with E-state index < -0.39 is 0 Å². The van der Waals surface area contributed by atoms with E-state index in [-0.39, 0.29) is 11.6 Å². The summed E-state index contributed by atoms with van der Waals surface area (Å²) in [6, 6.07) is 0. The second-order valence-electron chi connectivity index (χ2n) is 3.41. The van der Waals surface area contributed by atoms with Crippen molar-refractivity contribution in [2.24, 2.45) is 0 Å². The standard InChI is InChI=1S/C11H10N4O/c1-7-3-14-11(8(2)16)15-10(7)9-4-12-6-13-5-9/h3-6H,1-2H3. The average molecular weight is 214 g/mol. The van der Waals surface area contributed by atoms with Crippen molar-refractivity contribution in [3.63, 3.8) is 0 Å². The molecule has 2 heterocycles. The van der Waals surface area contributed by atoms with Gasteiger partial charge in [-0.3, -0.25) is 4.79 Å². The summed E-state index contributed by atoms with van der Waals surface area (Å²) in [6.45, 7) is 3.32. The number of carbonyl (C=O) groups is 1. The van der Waals surface area contributed by atoms with Crippen molar-refractivity contribution in [3.8, 4) is 11.3 Å². The summed E-state index contributed by atoms with van der Waals surface area (Å²) in [6.07, 6.45) is 6.40. The quantitative estimate of drug-likeness (QED) is 0.707. The molecule has 0 aliphatic heterocycles. The van der Waals surface area contributed by atoms with Crippen LogP contribution in [0.25, 0.3) is 11.3 Å². The van der Waals surface area contributed by atoms with Gasteiger partial charge in [0.15, 0.2) is 11.6 Å². The maximum absolute atomic E-state index is 11.2. The second-order valence-corrected chi connectivity index (χ2v) is 3.41. The lowest BCUT2D eigenvalue weighted by molar-refractivity contribution is 0.100. The van der Waals surface area contributed by atoms with Gasteiger partial charge >= 0.3 is 0 Å². The molecule has 0 saturated heterocycles. The summed E-state index contributed by atoms with van der Waals surface area (Å²) in [5.41, 5.74) is 2.37. The molecule has 0 aromatic carbocycles. The van der Waals surface area contributed by atoms with E-state index in [1.807, 2.05) is 6.92 Å². The van der Waals surface area contributed by atoms with Crippen LogP contribution in [0.5, 0.6) is 0 Å². The predicted molar refractivity (Wildman–Crippen MR) is 57.8 cm³/mol. The van der Waals surface area contributed by atoms with Crippen LogP contribution in [0.4, 0.5) is 0 Å². The van der Waals surface area contributed by atoms with Crippen molar-refractivity contribution in [2.45, 2.75) is 13.8 Å². The van der Waals surface area contributed by atoms with Crippen molar-refractivity contribution in [1.29, 1.82) is 0 Å². The van der Waals surface area contributed by atoms with E-state index >= 15 is 0 Å². The summed E-state index contributed by atoms with van der Waals surface area (Å²) < 4.78 is 0. The Hall–Kier alpha value is -2.17. The number of hydrogen-bond acceptors (Lipinski definition) is 5. The molecule has 5 nitrogen and oxygen atoms in total. The summed E-state index contributed by atoms with van der Waals surface area (Å²) in [5, 5.41) is 0. The number of ketones is 1. The summed E-state index contributed by atoms with van der Waals surface area (Å²) in [4.78, 5) is 27.2. The molecule has 0 aliphatic rings. The van der Waals surface area contributed by atoms with Gasteiger partial charge in [-0.15, -0.1) is 0 Å². The van der Waals surface area contributed by atoms with Crippen LogP contribution < -0.4 is 0 Å². The minimum atomic E-state index is -0.155. The number of aromatic nitrogens is 4. The highest BCUT2D eigenvalue weighted by atomic mass is 16.1. The SMILES string of the molecule is CC(=O)c1ncc(C)c(-c2cncnc2)n1. The van der Waals surface area contributed by atoms with E-state index in [1.165, 1.54) is 13.3 Å². The van der Waals surface area contributed by atoms with Crippen molar-refractivity contribution >= 4 is 5.78 Å². The minimum absolute atomic E-state index is 0.155. The van der Waals surface area contributed by atoms with E-state index in [0.717, 1.165) is 11.1 Å². The lowest BCUT2D eigenvalue weighted by atomic mass is 10.1. The fourth-order valence-electron chi connectivity index (χ4n) is 1.33. The number of hydrogen-bond donors (Lipinski definition) is 0. The average Bonchev–Trinajstić information content (AvgIpc) is 2.30. The fraction of sp³-hybridized carbons (Fsp3) is 0.182. The zero-order chi connectivity index (χ0) is 11.5. The predicted octanol–water partition coefficient (Wildman–Crippen LogP) is 1.44. The highest BCUT2D eigenvalue weighted by Crippen LogP contribution is 2.18. The van der Waals surface area contributed by atoms with Crippen LogP contribution in [-0.4, -0.2) is 25.7 Å². The van der Waals surface area contributed by atoms with Gasteiger partial charge in [0.2, 0.25) is 0 Å². The Morgan fingerprint density at radius 2 is 1.88 bits per heavy atom. The molecular formula is C11H10N4O. The van der Waals surface area contributed by atoms with Crippen LogP contribution in [0.1, 0.15) is 23.1 Å². The van der Waals surface area contributed by atoms with E-state index in [2.05, 4.69) is 19.9 Å². The molecule has 2 aromatic heterocycles. The molecule has 0 amide bonds. The van der Waals surface area contributed by atoms with Gasteiger partial charge < -0.3 is 0 Å². The van der Waals surface area contributed by atoms with Crippen molar-refractivity contribution in [1.82, 2.24) is 19.9 Å². The topological polar surface area (TPSA) is 68.6 Å². The third-order valence-electron chi connectivity index (χ3n) is 2.12. The van der Waals surface area contributed by atoms with Crippen LogP contribution in [0.15, 0.2) is 24.9 Å². The smallest absolute Gasteiger partial charge is 0.196 e. The van der Waals surface area contributed by atoms with Gasteiger partial charge in [-0.2, -0.15) is 0 Å². The molecule has 0 fully saturated rings.